The van der Waals surface area contributed by atoms with Gasteiger partial charge in [0.2, 0.25) is 5.91 Å². The summed E-state index contributed by atoms with van der Waals surface area (Å²) in [5.41, 5.74) is 4.04. The Morgan fingerprint density at radius 3 is 2.50 bits per heavy atom. The molecule has 0 radical (unpaired) electrons. The van der Waals surface area contributed by atoms with Gasteiger partial charge >= 0.3 is 0 Å². The Labute approximate surface area is 192 Å². The quantitative estimate of drug-likeness (QED) is 0.575. The summed E-state index contributed by atoms with van der Waals surface area (Å²) in [7, 11) is 1.65. The van der Waals surface area contributed by atoms with Gasteiger partial charge in [-0.25, -0.2) is 0 Å². The van der Waals surface area contributed by atoms with E-state index >= 15 is 0 Å². The van der Waals surface area contributed by atoms with Gasteiger partial charge < -0.3 is 5.32 Å². The molecule has 1 saturated heterocycles. The average molecular weight is 445 g/mol. The molecule has 162 valence electrons. The molecule has 2 aromatic carbocycles. The molecule has 1 aromatic heterocycles. The van der Waals surface area contributed by atoms with Gasteiger partial charge in [0.25, 0.3) is 0 Å². The van der Waals surface area contributed by atoms with Gasteiger partial charge in [0.15, 0.2) is 5.96 Å². The Morgan fingerprint density at radius 2 is 1.81 bits per heavy atom. The van der Waals surface area contributed by atoms with Gasteiger partial charge in [-0.1, -0.05) is 48.0 Å². The molecule has 1 aliphatic heterocycles. The van der Waals surface area contributed by atoms with Crippen molar-refractivity contribution in [1.82, 2.24) is 15.2 Å². The third-order valence-corrected chi connectivity index (χ3v) is 6.90. The van der Waals surface area contributed by atoms with Crippen LogP contribution < -0.4 is 5.32 Å². The molecule has 32 heavy (non-hydrogen) atoms. The number of hydrogen-bond donors (Lipinski definition) is 2. The second-order valence-corrected chi connectivity index (χ2v) is 9.32. The zero-order chi connectivity index (χ0) is 22.5. The van der Waals surface area contributed by atoms with E-state index in [0.717, 1.165) is 22.4 Å². The largest absolute Gasteiger partial charge is 0.346 e. The zero-order valence-electron chi connectivity index (χ0n) is 18.1. The number of amides is 1. The molecule has 0 spiro atoms. The van der Waals surface area contributed by atoms with Crippen molar-refractivity contribution >= 4 is 23.5 Å². The summed E-state index contributed by atoms with van der Waals surface area (Å²) in [6.07, 6.45) is 4.23. The van der Waals surface area contributed by atoms with Crippen LogP contribution in [0.5, 0.6) is 0 Å². The van der Waals surface area contributed by atoms with Crippen LogP contribution in [-0.2, 0) is 10.3 Å². The minimum Gasteiger partial charge on any atom is -0.346 e. The van der Waals surface area contributed by atoms with Crippen LogP contribution in [0.1, 0.15) is 48.3 Å². The number of likely N-dealkylation sites (N-methyl/N-ethyl adjacent to an activating group) is 1. The molecule has 5 rings (SSSR count). The summed E-state index contributed by atoms with van der Waals surface area (Å²) in [6.45, 7) is 1.99. The normalized spacial score (nSPS) is 23.2. The van der Waals surface area contributed by atoms with Crippen LogP contribution in [0, 0.1) is 5.41 Å². The lowest BCUT2D eigenvalue weighted by molar-refractivity contribution is -0.131. The van der Waals surface area contributed by atoms with E-state index in [1.807, 2.05) is 43.3 Å². The Balaban J connectivity index is 1.59. The van der Waals surface area contributed by atoms with E-state index in [1.54, 1.807) is 13.2 Å². The highest BCUT2D eigenvalue weighted by Gasteiger charge is 2.48. The highest BCUT2D eigenvalue weighted by atomic mass is 35.5. The Hall–Kier alpha value is -3.18. The van der Waals surface area contributed by atoms with Crippen LogP contribution in [-0.4, -0.2) is 28.8 Å². The minimum atomic E-state index is -0.808. The fourth-order valence-corrected chi connectivity index (χ4v) is 4.79. The molecule has 2 heterocycles. The van der Waals surface area contributed by atoms with Crippen molar-refractivity contribution in [2.24, 2.45) is 0 Å². The average Bonchev–Trinajstić information content (AvgIpc) is 3.64. The van der Waals surface area contributed by atoms with E-state index in [1.165, 1.54) is 23.3 Å². The van der Waals surface area contributed by atoms with Gasteiger partial charge in [-0.2, -0.15) is 0 Å². The number of carbonyl (C=O) groups is 1. The number of pyridine rings is 1. The molecule has 1 saturated carbocycles. The first-order valence-electron chi connectivity index (χ1n) is 10.8. The van der Waals surface area contributed by atoms with Crippen molar-refractivity contribution in [2.75, 3.05) is 7.05 Å². The molecule has 5 nitrogen and oxygen atoms in total. The van der Waals surface area contributed by atoms with Gasteiger partial charge in [0.05, 0.1) is 17.2 Å². The smallest absolute Gasteiger partial charge is 0.239 e. The summed E-state index contributed by atoms with van der Waals surface area (Å²) in [5, 5.41) is 12.3. The molecule has 0 bridgehead atoms. The van der Waals surface area contributed by atoms with Crippen LogP contribution >= 0.6 is 11.6 Å². The molecule has 6 heteroatoms. The third-order valence-electron chi connectivity index (χ3n) is 6.67. The zero-order valence-corrected chi connectivity index (χ0v) is 18.9. The number of nitrogens with zero attached hydrogens (tertiary/aromatic N) is 2. The summed E-state index contributed by atoms with van der Waals surface area (Å²) in [6, 6.07) is 19.9. The summed E-state index contributed by atoms with van der Waals surface area (Å²) >= 11 is 6.19. The number of aromatic nitrogens is 1. The number of halogens is 1. The highest BCUT2D eigenvalue weighted by molar-refractivity contribution is 6.30. The lowest BCUT2D eigenvalue weighted by Gasteiger charge is -2.46. The van der Waals surface area contributed by atoms with Crippen molar-refractivity contribution < 1.29 is 4.79 Å². The Morgan fingerprint density at radius 1 is 1.09 bits per heavy atom. The highest BCUT2D eigenvalue weighted by Crippen LogP contribution is 2.44. The summed E-state index contributed by atoms with van der Waals surface area (Å²) in [5.74, 6) is 0.164. The first-order valence-corrected chi connectivity index (χ1v) is 11.2. The SMILES string of the molecule is CN1C(=N)N[C@](C)(c2ccnc(-c3cccc(Cl)c3)c2)[C@@H](c2ccc(C3CC3)cc2)C1=O. The topological polar surface area (TPSA) is 69.1 Å². The molecule has 2 N–H and O–H groups in total. The number of rotatable bonds is 4. The number of benzene rings is 2. The standard InChI is InChI=1S/C26H25ClN4O/c1-26(20-12-13-29-22(15-20)19-4-3-5-21(27)14-19)23(24(32)31(2)25(28)30-26)18-10-8-17(9-11-18)16-6-7-16/h3-5,8-16,23H,6-7H2,1-2H3,(H2,28,30)/t23-,26+/m0/s1. The minimum absolute atomic E-state index is 0.0875. The van der Waals surface area contributed by atoms with Gasteiger partial charge in [-0.05, 0) is 66.6 Å². The van der Waals surface area contributed by atoms with Crippen molar-refractivity contribution in [2.45, 2.75) is 37.1 Å². The maximum Gasteiger partial charge on any atom is 0.239 e. The van der Waals surface area contributed by atoms with Crippen molar-refractivity contribution in [1.29, 1.82) is 5.41 Å². The third kappa shape index (κ3) is 3.56. The second-order valence-electron chi connectivity index (χ2n) is 8.89. The predicted molar refractivity (Wildman–Crippen MR) is 127 cm³/mol. The summed E-state index contributed by atoms with van der Waals surface area (Å²) < 4.78 is 0. The monoisotopic (exact) mass is 444 g/mol. The van der Waals surface area contributed by atoms with Crippen LogP contribution in [0.15, 0.2) is 66.9 Å². The van der Waals surface area contributed by atoms with Crippen LogP contribution in [0.3, 0.4) is 0 Å². The molecule has 2 atom stereocenters. The van der Waals surface area contributed by atoms with E-state index in [9.17, 15) is 4.79 Å². The molecule has 2 fully saturated rings. The molecule has 2 aliphatic rings. The Kier molecular flexibility index (Phi) is 5.01. The summed E-state index contributed by atoms with van der Waals surface area (Å²) in [4.78, 5) is 19.4. The Bertz CT molecular complexity index is 1200. The first-order chi connectivity index (χ1) is 15.4. The van der Waals surface area contributed by atoms with Gasteiger partial charge in [0, 0.05) is 23.8 Å². The lowest BCUT2D eigenvalue weighted by atomic mass is 9.73. The lowest BCUT2D eigenvalue weighted by Crippen LogP contribution is -2.62. The van der Waals surface area contributed by atoms with Gasteiger partial charge in [-0.3, -0.25) is 20.1 Å². The van der Waals surface area contributed by atoms with E-state index in [-0.39, 0.29) is 11.9 Å². The number of guanidine groups is 1. The van der Waals surface area contributed by atoms with Crippen LogP contribution in [0.25, 0.3) is 11.3 Å². The fraction of sp³-hybridized carbons (Fsp3) is 0.269. The maximum absolute atomic E-state index is 13.5. The van der Waals surface area contributed by atoms with Crippen molar-refractivity contribution in [3.63, 3.8) is 0 Å². The number of nitrogens with one attached hydrogen (secondary N) is 2. The van der Waals surface area contributed by atoms with Gasteiger partial charge in [-0.15, -0.1) is 0 Å². The van der Waals surface area contributed by atoms with Crippen LogP contribution in [0.4, 0.5) is 0 Å². The molecular weight excluding hydrogens is 420 g/mol. The molecule has 0 unspecified atom stereocenters. The number of hydrogen-bond acceptors (Lipinski definition) is 3. The molecular formula is C26H25ClN4O. The number of carbonyl (C=O) groups excluding carboxylic acids is 1. The van der Waals surface area contributed by atoms with Crippen LogP contribution in [0.2, 0.25) is 5.02 Å². The van der Waals surface area contributed by atoms with Gasteiger partial charge in [0.1, 0.15) is 0 Å². The fourth-order valence-electron chi connectivity index (χ4n) is 4.60. The predicted octanol–water partition coefficient (Wildman–Crippen LogP) is 5.27. The van der Waals surface area contributed by atoms with E-state index in [0.29, 0.717) is 10.9 Å². The van der Waals surface area contributed by atoms with E-state index < -0.39 is 11.5 Å². The van der Waals surface area contributed by atoms with E-state index in [2.05, 4.69) is 34.6 Å². The molecule has 3 aromatic rings. The maximum atomic E-state index is 13.5. The van der Waals surface area contributed by atoms with Crippen molar-refractivity contribution in [3.05, 3.63) is 88.6 Å². The van der Waals surface area contributed by atoms with Crippen molar-refractivity contribution in [3.8, 4) is 11.3 Å². The molecule has 1 aliphatic carbocycles. The van der Waals surface area contributed by atoms with E-state index in [4.69, 9.17) is 17.0 Å². The molecule has 1 amide bonds. The first kappa shape index (κ1) is 20.7. The second kappa shape index (κ2) is 7.75.